The minimum atomic E-state index is -0.114. The minimum absolute atomic E-state index is 0.0383. The van der Waals surface area contributed by atoms with E-state index in [-0.39, 0.29) is 18.5 Å². The van der Waals surface area contributed by atoms with Crippen LogP contribution in [0.15, 0.2) is 30.3 Å². The van der Waals surface area contributed by atoms with Gasteiger partial charge in [0.25, 0.3) is 0 Å². The molecule has 1 saturated heterocycles. The lowest BCUT2D eigenvalue weighted by molar-refractivity contribution is -0.256. The van der Waals surface area contributed by atoms with Crippen LogP contribution in [-0.2, 0) is 20.8 Å². The summed E-state index contributed by atoms with van der Waals surface area (Å²) in [6.45, 7) is 5.27. The van der Waals surface area contributed by atoms with Crippen molar-refractivity contribution in [1.29, 1.82) is 0 Å². The monoisotopic (exact) mass is 236 g/mol. The van der Waals surface area contributed by atoms with Gasteiger partial charge in [-0.25, -0.2) is 0 Å². The predicted octanol–water partition coefficient (Wildman–Crippen LogP) is 2.74. The smallest absolute Gasteiger partial charge is 0.155 e. The van der Waals surface area contributed by atoms with Crippen LogP contribution in [-0.4, -0.2) is 25.1 Å². The van der Waals surface area contributed by atoms with Crippen LogP contribution in [0.25, 0.3) is 0 Å². The fraction of sp³-hybridized carbons (Fsp3) is 0.571. The van der Waals surface area contributed by atoms with E-state index < -0.39 is 0 Å². The predicted molar refractivity (Wildman–Crippen MR) is 65.6 cm³/mol. The van der Waals surface area contributed by atoms with Gasteiger partial charge in [-0.3, -0.25) is 0 Å². The molecule has 1 aliphatic rings. The molecule has 1 heterocycles. The third-order valence-corrected chi connectivity index (χ3v) is 2.99. The van der Waals surface area contributed by atoms with E-state index in [1.807, 2.05) is 25.1 Å². The van der Waals surface area contributed by atoms with Crippen molar-refractivity contribution in [2.75, 3.05) is 6.61 Å². The van der Waals surface area contributed by atoms with Crippen LogP contribution in [0, 0.1) is 0 Å². The molecule has 0 bridgehead atoms. The van der Waals surface area contributed by atoms with Gasteiger partial charge < -0.3 is 14.2 Å². The summed E-state index contributed by atoms with van der Waals surface area (Å²) in [4.78, 5) is 0. The summed E-state index contributed by atoms with van der Waals surface area (Å²) in [6.07, 6.45) is 1.02. The number of hydrogen-bond acceptors (Lipinski definition) is 3. The van der Waals surface area contributed by atoms with Crippen LogP contribution < -0.4 is 0 Å². The summed E-state index contributed by atoms with van der Waals surface area (Å²) < 4.78 is 17.0. The second kappa shape index (κ2) is 6.15. The van der Waals surface area contributed by atoms with Gasteiger partial charge in [-0.15, -0.1) is 0 Å². The van der Waals surface area contributed by atoms with Crippen molar-refractivity contribution in [3.63, 3.8) is 0 Å². The SMILES string of the molecule is CC[C@H]1O[C@@H](C)OC[C@H]1OCc1ccccc1. The van der Waals surface area contributed by atoms with Gasteiger partial charge in [-0.05, 0) is 18.9 Å². The summed E-state index contributed by atoms with van der Waals surface area (Å²) in [5.74, 6) is 0. The van der Waals surface area contributed by atoms with Crippen LogP contribution in [0.1, 0.15) is 25.8 Å². The van der Waals surface area contributed by atoms with E-state index in [9.17, 15) is 0 Å². The molecule has 0 N–H and O–H groups in total. The highest BCUT2D eigenvalue weighted by atomic mass is 16.7. The van der Waals surface area contributed by atoms with E-state index in [1.165, 1.54) is 5.56 Å². The van der Waals surface area contributed by atoms with Gasteiger partial charge in [0, 0.05) is 0 Å². The normalized spacial score (nSPS) is 29.2. The van der Waals surface area contributed by atoms with Gasteiger partial charge >= 0.3 is 0 Å². The van der Waals surface area contributed by atoms with Crippen molar-refractivity contribution in [3.05, 3.63) is 35.9 Å². The Morgan fingerprint density at radius 1 is 1.29 bits per heavy atom. The van der Waals surface area contributed by atoms with Gasteiger partial charge in [0.2, 0.25) is 0 Å². The summed E-state index contributed by atoms with van der Waals surface area (Å²) in [7, 11) is 0. The van der Waals surface area contributed by atoms with Crippen LogP contribution in [0.4, 0.5) is 0 Å². The third kappa shape index (κ3) is 3.53. The lowest BCUT2D eigenvalue weighted by Crippen LogP contribution is -2.43. The van der Waals surface area contributed by atoms with Crippen molar-refractivity contribution < 1.29 is 14.2 Å². The maximum Gasteiger partial charge on any atom is 0.155 e. The summed E-state index contributed by atoms with van der Waals surface area (Å²) in [6, 6.07) is 10.2. The van der Waals surface area contributed by atoms with Gasteiger partial charge in [-0.1, -0.05) is 37.3 Å². The Hall–Kier alpha value is -0.900. The first-order chi connectivity index (χ1) is 8.29. The first-order valence-corrected chi connectivity index (χ1v) is 6.22. The van der Waals surface area contributed by atoms with Crippen molar-refractivity contribution in [2.45, 2.75) is 45.4 Å². The molecular weight excluding hydrogens is 216 g/mol. The molecule has 1 aliphatic heterocycles. The Bertz CT molecular complexity index is 325. The van der Waals surface area contributed by atoms with E-state index in [1.54, 1.807) is 0 Å². The summed E-state index contributed by atoms with van der Waals surface area (Å²) >= 11 is 0. The summed E-state index contributed by atoms with van der Waals surface area (Å²) in [5, 5.41) is 0. The average Bonchev–Trinajstić information content (AvgIpc) is 2.38. The zero-order valence-electron chi connectivity index (χ0n) is 10.5. The van der Waals surface area contributed by atoms with Crippen molar-refractivity contribution in [3.8, 4) is 0 Å². The number of hydrogen-bond donors (Lipinski definition) is 0. The second-order valence-electron chi connectivity index (χ2n) is 4.32. The van der Waals surface area contributed by atoms with E-state index in [2.05, 4.69) is 19.1 Å². The Kier molecular flexibility index (Phi) is 4.54. The van der Waals surface area contributed by atoms with Crippen molar-refractivity contribution in [1.82, 2.24) is 0 Å². The molecule has 1 fully saturated rings. The molecule has 3 nitrogen and oxygen atoms in total. The molecule has 0 radical (unpaired) electrons. The molecule has 0 aliphatic carbocycles. The van der Waals surface area contributed by atoms with Crippen molar-refractivity contribution in [2.24, 2.45) is 0 Å². The van der Waals surface area contributed by atoms with Crippen LogP contribution in [0.2, 0.25) is 0 Å². The van der Waals surface area contributed by atoms with Gasteiger partial charge in [0.1, 0.15) is 6.10 Å². The lowest BCUT2D eigenvalue weighted by Gasteiger charge is -2.34. The Morgan fingerprint density at radius 2 is 2.06 bits per heavy atom. The van der Waals surface area contributed by atoms with E-state index >= 15 is 0 Å². The molecule has 0 spiro atoms. The fourth-order valence-electron chi connectivity index (χ4n) is 2.00. The maximum atomic E-state index is 5.87. The molecule has 1 aromatic carbocycles. The molecule has 2 rings (SSSR count). The largest absolute Gasteiger partial charge is 0.368 e. The number of benzene rings is 1. The highest BCUT2D eigenvalue weighted by molar-refractivity contribution is 5.13. The van der Waals surface area contributed by atoms with Crippen LogP contribution in [0.3, 0.4) is 0 Å². The van der Waals surface area contributed by atoms with Crippen molar-refractivity contribution >= 4 is 0 Å². The third-order valence-electron chi connectivity index (χ3n) is 2.99. The minimum Gasteiger partial charge on any atom is -0.368 e. The van der Waals surface area contributed by atoms with E-state index in [0.29, 0.717) is 13.2 Å². The molecule has 3 heteroatoms. The number of rotatable bonds is 4. The highest BCUT2D eigenvalue weighted by Gasteiger charge is 2.29. The second-order valence-corrected chi connectivity index (χ2v) is 4.32. The molecule has 0 aromatic heterocycles. The van der Waals surface area contributed by atoms with Gasteiger partial charge in [-0.2, -0.15) is 0 Å². The Morgan fingerprint density at radius 3 is 2.76 bits per heavy atom. The Labute approximate surface area is 103 Å². The van der Waals surface area contributed by atoms with E-state index in [0.717, 1.165) is 6.42 Å². The molecule has 0 saturated carbocycles. The summed E-state index contributed by atoms with van der Waals surface area (Å²) in [5.41, 5.74) is 1.18. The standard InChI is InChI=1S/C14H20O3/c1-3-13-14(10-15-11(2)17-13)16-9-12-7-5-4-6-8-12/h4-8,11,13-14H,3,9-10H2,1-2H3/t11-,13+,14+/m0/s1. The van der Waals surface area contributed by atoms with Gasteiger partial charge in [0.15, 0.2) is 6.29 Å². The lowest BCUT2D eigenvalue weighted by atomic mass is 10.1. The van der Waals surface area contributed by atoms with Crippen LogP contribution in [0.5, 0.6) is 0 Å². The molecule has 0 amide bonds. The molecule has 1 aromatic rings. The highest BCUT2D eigenvalue weighted by Crippen LogP contribution is 2.19. The molecule has 94 valence electrons. The topological polar surface area (TPSA) is 27.7 Å². The average molecular weight is 236 g/mol. The van der Waals surface area contributed by atoms with Crippen LogP contribution >= 0.6 is 0 Å². The fourth-order valence-corrected chi connectivity index (χ4v) is 2.00. The maximum absolute atomic E-state index is 5.87. The molecule has 0 unspecified atom stereocenters. The zero-order chi connectivity index (χ0) is 12.1. The van der Waals surface area contributed by atoms with E-state index in [4.69, 9.17) is 14.2 Å². The zero-order valence-corrected chi connectivity index (χ0v) is 10.5. The number of ether oxygens (including phenoxy) is 3. The first-order valence-electron chi connectivity index (χ1n) is 6.22. The molecular formula is C14H20O3. The molecule has 3 atom stereocenters. The quantitative estimate of drug-likeness (QED) is 0.804. The Balaban J connectivity index is 1.85. The molecule has 17 heavy (non-hydrogen) atoms. The first kappa shape index (κ1) is 12.6. The van der Waals surface area contributed by atoms with Gasteiger partial charge in [0.05, 0.1) is 19.3 Å².